The van der Waals surface area contributed by atoms with Gasteiger partial charge in [-0.3, -0.25) is 10.1 Å². The average Bonchev–Trinajstić information content (AvgIpc) is 2.97. The van der Waals surface area contributed by atoms with Crippen LogP contribution in [0.15, 0.2) is 34.9 Å². The maximum atomic E-state index is 12.2. The number of benzene rings is 1. The van der Waals surface area contributed by atoms with E-state index in [-0.39, 0.29) is 21.4 Å². The molecule has 1 aromatic carbocycles. The fourth-order valence-corrected chi connectivity index (χ4v) is 2.47. The fraction of sp³-hybridized carbons (Fsp3) is 0.143. The van der Waals surface area contributed by atoms with E-state index in [1.807, 2.05) is 0 Å². The summed E-state index contributed by atoms with van der Waals surface area (Å²) in [6.45, 7) is 0.361. The summed E-state index contributed by atoms with van der Waals surface area (Å²) in [7, 11) is 1.42. The van der Waals surface area contributed by atoms with E-state index in [1.54, 1.807) is 18.4 Å². The van der Waals surface area contributed by atoms with Gasteiger partial charge in [0.1, 0.15) is 11.5 Å². The Hall–Kier alpha value is -1.76. The van der Waals surface area contributed by atoms with Crippen LogP contribution in [0.1, 0.15) is 16.1 Å². The molecule has 0 saturated carbocycles. The van der Waals surface area contributed by atoms with E-state index in [9.17, 15) is 4.79 Å². The zero-order chi connectivity index (χ0) is 16.1. The van der Waals surface area contributed by atoms with Gasteiger partial charge >= 0.3 is 0 Å². The van der Waals surface area contributed by atoms with Crippen molar-refractivity contribution < 1.29 is 13.9 Å². The van der Waals surface area contributed by atoms with Crippen LogP contribution in [0.5, 0.6) is 5.75 Å². The molecular formula is C14H12Cl2N2O3S. The lowest BCUT2D eigenvalue weighted by molar-refractivity contribution is 0.0973. The number of hydrogen-bond acceptors (Lipinski definition) is 4. The summed E-state index contributed by atoms with van der Waals surface area (Å²) in [5, 5.41) is 6.10. The Morgan fingerprint density at radius 2 is 2.18 bits per heavy atom. The minimum Gasteiger partial charge on any atom is -0.494 e. The van der Waals surface area contributed by atoms with Crippen molar-refractivity contribution in [3.8, 4) is 5.75 Å². The van der Waals surface area contributed by atoms with Crippen LogP contribution >= 0.6 is 35.4 Å². The molecule has 2 aromatic rings. The second-order valence-corrected chi connectivity index (χ2v) is 5.44. The number of furan rings is 1. The number of carbonyl (C=O) groups is 1. The van der Waals surface area contributed by atoms with Gasteiger partial charge in [-0.15, -0.1) is 0 Å². The highest BCUT2D eigenvalue weighted by Gasteiger charge is 2.17. The van der Waals surface area contributed by atoms with Crippen LogP contribution in [0, 0.1) is 0 Å². The van der Waals surface area contributed by atoms with Gasteiger partial charge in [0, 0.05) is 5.02 Å². The Morgan fingerprint density at radius 3 is 2.82 bits per heavy atom. The lowest BCUT2D eigenvalue weighted by atomic mass is 10.2. The zero-order valence-electron chi connectivity index (χ0n) is 11.5. The number of carbonyl (C=O) groups excluding carboxylic acids is 1. The maximum absolute atomic E-state index is 12.2. The van der Waals surface area contributed by atoms with Crippen molar-refractivity contribution in [2.75, 3.05) is 7.11 Å². The van der Waals surface area contributed by atoms with E-state index in [0.717, 1.165) is 0 Å². The summed E-state index contributed by atoms with van der Waals surface area (Å²) in [6, 6.07) is 6.50. The van der Waals surface area contributed by atoms with E-state index in [2.05, 4.69) is 10.6 Å². The first-order chi connectivity index (χ1) is 10.5. The Labute approximate surface area is 142 Å². The molecule has 1 heterocycles. The number of hydrogen-bond donors (Lipinski definition) is 2. The van der Waals surface area contributed by atoms with Crippen molar-refractivity contribution in [1.29, 1.82) is 0 Å². The molecule has 0 bridgehead atoms. The molecule has 116 valence electrons. The molecule has 0 fully saturated rings. The third kappa shape index (κ3) is 4.13. The van der Waals surface area contributed by atoms with Gasteiger partial charge in [-0.25, -0.2) is 0 Å². The zero-order valence-corrected chi connectivity index (χ0v) is 13.8. The maximum Gasteiger partial charge on any atom is 0.261 e. The van der Waals surface area contributed by atoms with E-state index in [1.165, 1.54) is 19.2 Å². The first-order valence-electron chi connectivity index (χ1n) is 6.16. The van der Waals surface area contributed by atoms with Crippen LogP contribution in [0.3, 0.4) is 0 Å². The van der Waals surface area contributed by atoms with Crippen molar-refractivity contribution >= 4 is 46.4 Å². The first-order valence-corrected chi connectivity index (χ1v) is 7.32. The fourth-order valence-electron chi connectivity index (χ4n) is 1.73. The van der Waals surface area contributed by atoms with Crippen molar-refractivity contribution in [3.63, 3.8) is 0 Å². The van der Waals surface area contributed by atoms with Crippen molar-refractivity contribution in [2.24, 2.45) is 0 Å². The van der Waals surface area contributed by atoms with Gasteiger partial charge in [0.05, 0.1) is 30.5 Å². The standard InChI is InChI=1S/C14H12Cl2N2O3S/c1-20-12-10(5-8(15)6-11(12)16)13(19)18-14(22)17-7-9-3-2-4-21-9/h2-6H,7H2,1H3,(H2,17,18,19,22). The van der Waals surface area contributed by atoms with Gasteiger partial charge in [0.2, 0.25) is 0 Å². The topological polar surface area (TPSA) is 63.5 Å². The molecule has 0 spiro atoms. The molecule has 0 aliphatic heterocycles. The molecule has 2 rings (SSSR count). The van der Waals surface area contributed by atoms with E-state index in [4.69, 9.17) is 44.6 Å². The second-order valence-electron chi connectivity index (χ2n) is 4.18. The highest BCUT2D eigenvalue weighted by molar-refractivity contribution is 7.80. The molecule has 0 aliphatic carbocycles. The van der Waals surface area contributed by atoms with Crippen LogP contribution in [0.25, 0.3) is 0 Å². The minimum absolute atomic E-state index is 0.152. The number of ether oxygens (including phenoxy) is 1. The first kappa shape index (κ1) is 16.6. The molecule has 1 amide bonds. The van der Waals surface area contributed by atoms with E-state index < -0.39 is 5.91 Å². The van der Waals surface area contributed by atoms with Gasteiger partial charge in [-0.2, -0.15) is 0 Å². The summed E-state index contributed by atoms with van der Waals surface area (Å²) in [4.78, 5) is 12.2. The molecule has 2 N–H and O–H groups in total. The van der Waals surface area contributed by atoms with E-state index >= 15 is 0 Å². The Balaban J connectivity index is 2.04. The number of amides is 1. The lowest BCUT2D eigenvalue weighted by Gasteiger charge is -2.12. The monoisotopic (exact) mass is 358 g/mol. The second kappa shape index (κ2) is 7.49. The van der Waals surface area contributed by atoms with Crippen LogP contribution in [-0.4, -0.2) is 18.1 Å². The Kier molecular flexibility index (Phi) is 5.65. The largest absolute Gasteiger partial charge is 0.494 e. The highest BCUT2D eigenvalue weighted by Crippen LogP contribution is 2.32. The van der Waals surface area contributed by atoms with E-state index in [0.29, 0.717) is 17.3 Å². The number of methoxy groups -OCH3 is 1. The Morgan fingerprint density at radius 1 is 1.41 bits per heavy atom. The van der Waals surface area contributed by atoms with Gasteiger partial charge in [0.25, 0.3) is 5.91 Å². The number of rotatable bonds is 4. The van der Waals surface area contributed by atoms with Crippen LogP contribution in [0.2, 0.25) is 10.0 Å². The summed E-state index contributed by atoms with van der Waals surface area (Å²) in [5.74, 6) is 0.454. The molecule has 5 nitrogen and oxygen atoms in total. The average molecular weight is 359 g/mol. The molecule has 0 saturated heterocycles. The smallest absolute Gasteiger partial charge is 0.261 e. The van der Waals surface area contributed by atoms with Crippen molar-refractivity contribution in [2.45, 2.75) is 6.54 Å². The molecule has 8 heteroatoms. The number of halogens is 2. The predicted octanol–water partition coefficient (Wildman–Crippen LogP) is 3.40. The van der Waals surface area contributed by atoms with Gasteiger partial charge in [0.15, 0.2) is 5.11 Å². The van der Waals surface area contributed by atoms with Gasteiger partial charge < -0.3 is 14.5 Å². The molecule has 0 radical (unpaired) electrons. The molecule has 0 unspecified atom stereocenters. The van der Waals surface area contributed by atoms with Gasteiger partial charge in [-0.05, 0) is 36.5 Å². The Bertz CT molecular complexity index is 690. The lowest BCUT2D eigenvalue weighted by Crippen LogP contribution is -2.38. The normalized spacial score (nSPS) is 10.1. The van der Waals surface area contributed by atoms with Crippen LogP contribution in [0.4, 0.5) is 0 Å². The van der Waals surface area contributed by atoms with Crippen LogP contribution in [-0.2, 0) is 6.54 Å². The van der Waals surface area contributed by atoms with Crippen molar-refractivity contribution in [3.05, 3.63) is 51.9 Å². The number of thiocarbonyl (C=S) groups is 1. The van der Waals surface area contributed by atoms with Gasteiger partial charge in [-0.1, -0.05) is 23.2 Å². The van der Waals surface area contributed by atoms with Crippen molar-refractivity contribution in [1.82, 2.24) is 10.6 Å². The van der Waals surface area contributed by atoms with Crippen LogP contribution < -0.4 is 15.4 Å². The quantitative estimate of drug-likeness (QED) is 0.820. The highest BCUT2D eigenvalue weighted by atomic mass is 35.5. The molecule has 1 aromatic heterocycles. The summed E-state index contributed by atoms with van der Waals surface area (Å²) in [6.07, 6.45) is 1.55. The summed E-state index contributed by atoms with van der Waals surface area (Å²) in [5.41, 5.74) is 0.196. The SMILES string of the molecule is COc1c(Cl)cc(Cl)cc1C(=O)NC(=S)NCc1ccco1. The minimum atomic E-state index is -0.474. The summed E-state index contributed by atoms with van der Waals surface area (Å²) >= 11 is 17.0. The number of nitrogens with one attached hydrogen (secondary N) is 2. The molecule has 22 heavy (non-hydrogen) atoms. The molecular weight excluding hydrogens is 347 g/mol. The molecule has 0 aliphatic rings. The summed E-state index contributed by atoms with van der Waals surface area (Å²) < 4.78 is 10.3. The third-order valence-electron chi connectivity index (χ3n) is 2.69. The molecule has 0 atom stereocenters. The predicted molar refractivity (Wildman–Crippen MR) is 88.6 cm³/mol. The third-order valence-corrected chi connectivity index (χ3v) is 3.43.